The van der Waals surface area contributed by atoms with E-state index >= 15 is 0 Å². The second-order valence-corrected chi connectivity index (χ2v) is 7.01. The van der Waals surface area contributed by atoms with Crippen LogP contribution in [0, 0.1) is 12.3 Å². The van der Waals surface area contributed by atoms with Crippen LogP contribution in [0.1, 0.15) is 11.1 Å². The Morgan fingerprint density at radius 2 is 1.88 bits per heavy atom. The molecule has 0 fully saturated rings. The lowest BCUT2D eigenvalue weighted by Gasteiger charge is -2.21. The molecule has 0 atom stereocenters. The molecule has 0 unspecified atom stereocenters. The van der Waals surface area contributed by atoms with Crippen molar-refractivity contribution in [3.63, 3.8) is 0 Å². The van der Waals surface area contributed by atoms with Crippen molar-refractivity contribution in [3.05, 3.63) is 53.6 Å². The van der Waals surface area contributed by atoms with Gasteiger partial charge in [-0.15, -0.1) is 6.42 Å². The summed E-state index contributed by atoms with van der Waals surface area (Å²) in [5, 5.41) is 6.03. The van der Waals surface area contributed by atoms with Gasteiger partial charge in [-0.05, 0) is 36.4 Å². The average Bonchev–Trinajstić information content (AvgIpc) is 2.80. The molecule has 170 valence electrons. The summed E-state index contributed by atoms with van der Waals surface area (Å²) < 4.78 is 10.2. The van der Waals surface area contributed by atoms with Gasteiger partial charge in [0.15, 0.2) is 0 Å². The Morgan fingerprint density at radius 1 is 1.16 bits per heavy atom. The van der Waals surface area contributed by atoms with Crippen LogP contribution in [0.4, 0.5) is 17.1 Å². The number of hydrogen-bond acceptors (Lipinski definition) is 6. The maximum absolute atomic E-state index is 12.6. The molecular weight excluding hydrogens is 406 g/mol. The zero-order valence-electron chi connectivity index (χ0n) is 18.9. The van der Waals surface area contributed by atoms with Crippen LogP contribution >= 0.6 is 0 Å². The Balaban J connectivity index is 2.18. The second kappa shape index (κ2) is 13.1. The fourth-order valence-electron chi connectivity index (χ4n) is 3.03. The number of terminal acetylenes is 1. The van der Waals surface area contributed by atoms with Gasteiger partial charge in [-0.25, -0.2) is 4.99 Å². The number of hydrogen-bond donors (Lipinski definition) is 3. The Labute approximate surface area is 189 Å². The highest BCUT2D eigenvalue weighted by Gasteiger charge is 2.13. The lowest BCUT2D eigenvalue weighted by atomic mass is 10.1. The van der Waals surface area contributed by atoms with E-state index in [0.717, 1.165) is 11.3 Å². The third kappa shape index (κ3) is 7.71. The standard InChI is InChI=1S/C24H31N5O3/c1-5-18-7-6-8-19(15-18)28-24(25)21-16-20(9-10-22(21)26-2)27-23(30)17-29(11-13-31-3)12-14-32-4/h1,6-10,15-16,26H,11-14,17H2,2-4H3,(H2,25,28)(H,27,30). The highest BCUT2D eigenvalue weighted by Crippen LogP contribution is 2.22. The summed E-state index contributed by atoms with van der Waals surface area (Å²) in [4.78, 5) is 19.1. The van der Waals surface area contributed by atoms with Gasteiger partial charge in [0, 0.05) is 56.9 Å². The second-order valence-electron chi connectivity index (χ2n) is 7.01. The fraction of sp³-hybridized carbons (Fsp3) is 0.333. The summed E-state index contributed by atoms with van der Waals surface area (Å²) in [6.07, 6.45) is 5.46. The van der Waals surface area contributed by atoms with Crippen molar-refractivity contribution in [1.29, 1.82) is 0 Å². The summed E-state index contributed by atoms with van der Waals surface area (Å²) in [7, 11) is 5.06. The Morgan fingerprint density at radius 3 is 2.50 bits per heavy atom. The van der Waals surface area contributed by atoms with Gasteiger partial charge in [-0.1, -0.05) is 12.0 Å². The SMILES string of the molecule is C#Cc1cccc(N=C(N)c2cc(NC(=O)CN(CCOC)CCOC)ccc2NC)c1. The quantitative estimate of drug-likeness (QED) is 0.268. The first-order valence-corrected chi connectivity index (χ1v) is 10.2. The number of nitrogens with two attached hydrogens (primary N) is 1. The minimum Gasteiger partial charge on any atom is -0.388 e. The number of benzene rings is 2. The number of carbonyl (C=O) groups is 1. The number of amides is 1. The maximum atomic E-state index is 12.6. The average molecular weight is 438 g/mol. The van der Waals surface area contributed by atoms with Crippen LogP contribution in [0.25, 0.3) is 0 Å². The molecule has 0 saturated heterocycles. The monoisotopic (exact) mass is 437 g/mol. The zero-order chi connectivity index (χ0) is 23.3. The van der Waals surface area contributed by atoms with Gasteiger partial charge in [0.05, 0.1) is 25.4 Å². The van der Waals surface area contributed by atoms with E-state index < -0.39 is 0 Å². The fourth-order valence-corrected chi connectivity index (χ4v) is 3.03. The van der Waals surface area contributed by atoms with Crippen LogP contribution in [0.5, 0.6) is 0 Å². The van der Waals surface area contributed by atoms with Crippen LogP contribution in [0.2, 0.25) is 0 Å². The molecule has 2 rings (SSSR count). The van der Waals surface area contributed by atoms with Gasteiger partial charge in [-0.2, -0.15) is 0 Å². The number of amidine groups is 1. The van der Waals surface area contributed by atoms with Crippen molar-refractivity contribution in [1.82, 2.24) is 4.90 Å². The molecule has 0 aliphatic rings. The first kappa shape index (κ1) is 24.9. The summed E-state index contributed by atoms with van der Waals surface area (Å²) in [5.41, 5.74) is 9.76. The molecule has 8 nitrogen and oxygen atoms in total. The summed E-state index contributed by atoms with van der Waals surface area (Å²) in [5.74, 6) is 2.75. The normalized spacial score (nSPS) is 11.3. The smallest absolute Gasteiger partial charge is 0.238 e. The van der Waals surface area contributed by atoms with E-state index in [4.69, 9.17) is 21.6 Å². The van der Waals surface area contributed by atoms with Crippen molar-refractivity contribution in [2.75, 3.05) is 64.7 Å². The van der Waals surface area contributed by atoms with Gasteiger partial charge in [-0.3, -0.25) is 9.69 Å². The Kier molecular flexibility index (Phi) is 10.2. The van der Waals surface area contributed by atoms with Gasteiger partial charge < -0.3 is 25.8 Å². The Hall–Kier alpha value is -3.38. The molecule has 0 saturated carbocycles. The number of carbonyl (C=O) groups excluding carboxylic acids is 1. The van der Waals surface area contributed by atoms with E-state index in [2.05, 4.69) is 21.5 Å². The highest BCUT2D eigenvalue weighted by atomic mass is 16.5. The van der Waals surface area contributed by atoms with E-state index in [1.54, 1.807) is 33.4 Å². The first-order valence-electron chi connectivity index (χ1n) is 10.2. The van der Waals surface area contributed by atoms with Crippen molar-refractivity contribution in [3.8, 4) is 12.3 Å². The summed E-state index contributed by atoms with van der Waals surface area (Å²) in [6, 6.07) is 12.7. The van der Waals surface area contributed by atoms with E-state index in [1.807, 2.05) is 35.2 Å². The zero-order valence-corrected chi connectivity index (χ0v) is 18.9. The molecule has 4 N–H and O–H groups in total. The third-order valence-electron chi connectivity index (χ3n) is 4.70. The number of methoxy groups -OCH3 is 2. The predicted molar refractivity (Wildman–Crippen MR) is 130 cm³/mol. The minimum absolute atomic E-state index is 0.141. The number of nitrogens with one attached hydrogen (secondary N) is 2. The van der Waals surface area contributed by atoms with Crippen molar-refractivity contribution < 1.29 is 14.3 Å². The van der Waals surface area contributed by atoms with Gasteiger partial charge >= 0.3 is 0 Å². The van der Waals surface area contributed by atoms with Crippen LogP contribution in [-0.2, 0) is 14.3 Å². The predicted octanol–water partition coefficient (Wildman–Crippen LogP) is 2.28. The van der Waals surface area contributed by atoms with Crippen LogP contribution in [0.3, 0.4) is 0 Å². The Bertz CT molecular complexity index is 960. The molecular formula is C24H31N5O3. The number of nitrogens with zero attached hydrogens (tertiary/aromatic N) is 2. The molecule has 0 heterocycles. The van der Waals surface area contributed by atoms with E-state index in [-0.39, 0.29) is 12.5 Å². The molecule has 0 aliphatic carbocycles. The third-order valence-corrected chi connectivity index (χ3v) is 4.70. The largest absolute Gasteiger partial charge is 0.388 e. The molecule has 32 heavy (non-hydrogen) atoms. The maximum Gasteiger partial charge on any atom is 0.238 e. The van der Waals surface area contributed by atoms with E-state index in [1.165, 1.54) is 0 Å². The van der Waals surface area contributed by atoms with E-state index in [9.17, 15) is 4.79 Å². The topological polar surface area (TPSA) is 101 Å². The number of ether oxygens (including phenoxy) is 2. The molecule has 2 aromatic rings. The summed E-state index contributed by atoms with van der Waals surface area (Å²) >= 11 is 0. The molecule has 8 heteroatoms. The molecule has 2 aromatic carbocycles. The van der Waals surface area contributed by atoms with Crippen molar-refractivity contribution in [2.24, 2.45) is 10.7 Å². The van der Waals surface area contributed by atoms with Crippen LogP contribution in [0.15, 0.2) is 47.5 Å². The lowest BCUT2D eigenvalue weighted by molar-refractivity contribution is -0.117. The molecule has 0 aromatic heterocycles. The molecule has 0 spiro atoms. The van der Waals surface area contributed by atoms with Gasteiger partial charge in [0.25, 0.3) is 0 Å². The highest BCUT2D eigenvalue weighted by molar-refractivity contribution is 6.05. The molecule has 1 amide bonds. The number of anilines is 2. The first-order chi connectivity index (χ1) is 15.5. The van der Waals surface area contributed by atoms with Crippen LogP contribution in [-0.4, -0.2) is 70.8 Å². The minimum atomic E-state index is -0.141. The number of rotatable bonds is 12. The van der Waals surface area contributed by atoms with Crippen molar-refractivity contribution >= 4 is 28.8 Å². The van der Waals surface area contributed by atoms with Crippen molar-refractivity contribution in [2.45, 2.75) is 0 Å². The van der Waals surface area contributed by atoms with Crippen LogP contribution < -0.4 is 16.4 Å². The molecule has 0 radical (unpaired) electrons. The van der Waals surface area contributed by atoms with Gasteiger partial charge in [0.2, 0.25) is 5.91 Å². The van der Waals surface area contributed by atoms with Gasteiger partial charge in [0.1, 0.15) is 5.84 Å². The number of aliphatic imine (C=N–C) groups is 1. The lowest BCUT2D eigenvalue weighted by Crippen LogP contribution is -2.37. The van der Waals surface area contributed by atoms with E-state index in [0.29, 0.717) is 49.1 Å². The summed E-state index contributed by atoms with van der Waals surface area (Å²) in [6.45, 7) is 2.55. The molecule has 0 bridgehead atoms. The molecule has 0 aliphatic heterocycles.